The molecule has 0 bridgehead atoms. The van der Waals surface area contributed by atoms with Crippen molar-refractivity contribution in [3.63, 3.8) is 0 Å². The molecule has 0 saturated carbocycles. The Kier molecular flexibility index (Phi) is 6.45. The third-order valence-electron chi connectivity index (χ3n) is 2.63. The summed E-state index contributed by atoms with van der Waals surface area (Å²) in [6, 6.07) is 3.93. The van der Waals surface area contributed by atoms with Crippen LogP contribution in [0.15, 0.2) is 12.1 Å². The molecule has 1 N–H and O–H groups in total. The van der Waals surface area contributed by atoms with Crippen LogP contribution in [0, 0.1) is 11.3 Å². The van der Waals surface area contributed by atoms with Crippen LogP contribution in [0.1, 0.15) is 52.9 Å². The van der Waals surface area contributed by atoms with Gasteiger partial charge in [-0.1, -0.05) is 0 Å². The van der Waals surface area contributed by atoms with Crippen LogP contribution in [0.3, 0.4) is 0 Å². The van der Waals surface area contributed by atoms with E-state index in [1.807, 2.05) is 6.07 Å². The summed E-state index contributed by atoms with van der Waals surface area (Å²) in [6.45, 7) is 10.4. The molecule has 0 fully saturated rings. The maximum Gasteiger partial charge on any atom is 0.408 e. The normalized spacial score (nSPS) is 12.7. The Bertz CT molecular complexity index is 651. The van der Waals surface area contributed by atoms with Crippen molar-refractivity contribution in [3.05, 3.63) is 23.5 Å². The Balaban J connectivity index is 2.91. The van der Waals surface area contributed by atoms with Gasteiger partial charge < -0.3 is 14.8 Å². The number of nitriles is 1. The van der Waals surface area contributed by atoms with Crippen molar-refractivity contribution in [2.45, 2.75) is 65.2 Å². The summed E-state index contributed by atoms with van der Waals surface area (Å²) in [7, 11) is 0. The molecule has 1 atom stereocenters. The minimum atomic E-state index is -0.990. The molecule has 0 aliphatic rings. The number of nitrogens with zero attached hydrogens (tertiary/aromatic N) is 3. The number of ether oxygens (including phenoxy) is 2. The largest absolute Gasteiger partial charge is 0.458 e. The topological polar surface area (TPSA) is 114 Å². The summed E-state index contributed by atoms with van der Waals surface area (Å²) in [5, 5.41) is 18.9. The van der Waals surface area contributed by atoms with Gasteiger partial charge in [0.1, 0.15) is 23.3 Å². The molecule has 0 radical (unpaired) electrons. The Morgan fingerprint density at radius 2 is 1.72 bits per heavy atom. The number of carbonyl (C=O) groups is 2. The van der Waals surface area contributed by atoms with Crippen LogP contribution in [0.4, 0.5) is 4.79 Å². The van der Waals surface area contributed by atoms with Gasteiger partial charge in [0.15, 0.2) is 5.69 Å². The quantitative estimate of drug-likeness (QED) is 0.829. The van der Waals surface area contributed by atoms with E-state index in [1.54, 1.807) is 47.6 Å². The number of carbonyl (C=O) groups excluding carboxylic acids is 2. The van der Waals surface area contributed by atoms with Gasteiger partial charge in [0, 0.05) is 6.42 Å². The molecule has 1 heterocycles. The second kappa shape index (κ2) is 7.92. The van der Waals surface area contributed by atoms with Crippen molar-refractivity contribution in [1.82, 2.24) is 15.5 Å². The number of rotatable bonds is 4. The van der Waals surface area contributed by atoms with E-state index in [4.69, 9.17) is 14.7 Å². The molecule has 8 nitrogen and oxygen atoms in total. The zero-order chi connectivity index (χ0) is 19.3. The fourth-order valence-electron chi connectivity index (χ4n) is 1.75. The molecule has 1 aromatic rings. The van der Waals surface area contributed by atoms with E-state index in [2.05, 4.69) is 15.5 Å². The SMILES string of the molecule is CC(C)(C)OC(=O)N[C@@H](Cc1ccc(C#N)nn1)C(=O)OC(C)(C)C. The highest BCUT2D eigenvalue weighted by molar-refractivity contribution is 5.82. The van der Waals surface area contributed by atoms with E-state index in [1.165, 1.54) is 6.07 Å². The van der Waals surface area contributed by atoms with Crippen LogP contribution in [-0.4, -0.2) is 39.5 Å². The van der Waals surface area contributed by atoms with Crippen molar-refractivity contribution in [2.75, 3.05) is 0 Å². The molecule has 0 aliphatic carbocycles. The maximum atomic E-state index is 12.4. The first-order valence-electron chi connectivity index (χ1n) is 7.85. The lowest BCUT2D eigenvalue weighted by Gasteiger charge is -2.26. The van der Waals surface area contributed by atoms with Gasteiger partial charge in [0.25, 0.3) is 0 Å². The average molecular weight is 348 g/mol. The van der Waals surface area contributed by atoms with Gasteiger partial charge in [-0.2, -0.15) is 10.4 Å². The van der Waals surface area contributed by atoms with Gasteiger partial charge in [0.05, 0.1) is 5.69 Å². The monoisotopic (exact) mass is 348 g/mol. The molecule has 0 aromatic carbocycles. The van der Waals surface area contributed by atoms with E-state index in [0.717, 1.165) is 0 Å². The van der Waals surface area contributed by atoms with E-state index in [9.17, 15) is 9.59 Å². The number of aromatic nitrogens is 2. The van der Waals surface area contributed by atoms with E-state index in [0.29, 0.717) is 5.69 Å². The van der Waals surface area contributed by atoms with Crippen LogP contribution >= 0.6 is 0 Å². The number of hydrogen-bond donors (Lipinski definition) is 1. The van der Waals surface area contributed by atoms with Crippen molar-refractivity contribution in [1.29, 1.82) is 5.26 Å². The van der Waals surface area contributed by atoms with Crippen molar-refractivity contribution >= 4 is 12.1 Å². The molecule has 1 aromatic heterocycles. The molecule has 0 aliphatic heterocycles. The number of nitrogens with one attached hydrogen (secondary N) is 1. The van der Waals surface area contributed by atoms with Crippen molar-refractivity contribution in [3.8, 4) is 6.07 Å². The molecule has 0 unspecified atom stereocenters. The van der Waals surface area contributed by atoms with Crippen LogP contribution in [0.5, 0.6) is 0 Å². The minimum Gasteiger partial charge on any atom is -0.458 e. The lowest BCUT2D eigenvalue weighted by Crippen LogP contribution is -2.47. The molecule has 1 amide bonds. The molecule has 25 heavy (non-hydrogen) atoms. The van der Waals surface area contributed by atoms with Crippen molar-refractivity contribution < 1.29 is 19.1 Å². The fourth-order valence-corrected chi connectivity index (χ4v) is 1.75. The molecule has 136 valence electrons. The summed E-state index contributed by atoms with van der Waals surface area (Å²) in [5.74, 6) is -0.607. The van der Waals surface area contributed by atoms with E-state index in [-0.39, 0.29) is 12.1 Å². The second-order valence-electron chi connectivity index (χ2n) is 7.46. The zero-order valence-electron chi connectivity index (χ0n) is 15.4. The minimum absolute atomic E-state index is 0.0624. The first kappa shape index (κ1) is 20.4. The number of esters is 1. The number of hydrogen-bond acceptors (Lipinski definition) is 7. The second-order valence-corrected chi connectivity index (χ2v) is 7.46. The van der Waals surface area contributed by atoms with Crippen LogP contribution in [0.2, 0.25) is 0 Å². The highest BCUT2D eigenvalue weighted by Crippen LogP contribution is 2.12. The molecular formula is C17H24N4O4. The predicted octanol–water partition coefficient (Wildman–Crippen LogP) is 2.13. The van der Waals surface area contributed by atoms with E-state index >= 15 is 0 Å². The van der Waals surface area contributed by atoms with Crippen LogP contribution in [0.25, 0.3) is 0 Å². The summed E-state index contributed by atoms with van der Waals surface area (Å²) in [5.41, 5.74) is -0.804. The fraction of sp³-hybridized carbons (Fsp3) is 0.588. The first-order chi connectivity index (χ1) is 11.4. The van der Waals surface area contributed by atoms with Gasteiger partial charge in [-0.05, 0) is 53.7 Å². The van der Waals surface area contributed by atoms with Gasteiger partial charge >= 0.3 is 12.1 Å². The molecule has 1 rings (SSSR count). The number of alkyl carbamates (subject to hydrolysis) is 1. The van der Waals surface area contributed by atoms with Crippen LogP contribution < -0.4 is 5.32 Å². The summed E-state index contributed by atoms with van der Waals surface area (Å²) < 4.78 is 10.5. The third kappa shape index (κ3) is 8.11. The Hall–Kier alpha value is -2.69. The summed E-state index contributed by atoms with van der Waals surface area (Å²) >= 11 is 0. The smallest absolute Gasteiger partial charge is 0.408 e. The maximum absolute atomic E-state index is 12.4. The van der Waals surface area contributed by atoms with Crippen LogP contribution in [-0.2, 0) is 20.7 Å². The lowest BCUT2D eigenvalue weighted by molar-refractivity contribution is -0.157. The van der Waals surface area contributed by atoms with Gasteiger partial charge in [-0.15, -0.1) is 5.10 Å². The summed E-state index contributed by atoms with van der Waals surface area (Å²) in [6.07, 6.45) is -0.669. The standard InChI is InChI=1S/C17H24N4O4/c1-16(2,3)24-14(22)13(19-15(23)25-17(4,5)6)9-11-7-8-12(10-18)21-20-11/h7-8,13H,9H2,1-6H3,(H,19,23)/t13-/m0/s1. The molecule has 0 saturated heterocycles. The first-order valence-corrected chi connectivity index (χ1v) is 7.85. The molecule has 8 heteroatoms. The Morgan fingerprint density at radius 1 is 1.12 bits per heavy atom. The highest BCUT2D eigenvalue weighted by atomic mass is 16.6. The molecule has 0 spiro atoms. The zero-order valence-corrected chi connectivity index (χ0v) is 15.4. The Labute approximate surface area is 147 Å². The average Bonchev–Trinajstić information content (AvgIpc) is 2.43. The lowest BCUT2D eigenvalue weighted by atomic mass is 10.1. The van der Waals surface area contributed by atoms with Gasteiger partial charge in [-0.25, -0.2) is 9.59 Å². The highest BCUT2D eigenvalue weighted by Gasteiger charge is 2.29. The van der Waals surface area contributed by atoms with Crippen molar-refractivity contribution in [2.24, 2.45) is 0 Å². The summed E-state index contributed by atoms with van der Waals surface area (Å²) in [4.78, 5) is 24.4. The number of amides is 1. The Morgan fingerprint density at radius 3 is 2.16 bits per heavy atom. The van der Waals surface area contributed by atoms with E-state index < -0.39 is 29.3 Å². The van der Waals surface area contributed by atoms with Gasteiger partial charge in [0.2, 0.25) is 0 Å². The van der Waals surface area contributed by atoms with Gasteiger partial charge in [-0.3, -0.25) is 0 Å². The third-order valence-corrected chi connectivity index (χ3v) is 2.63. The molecular weight excluding hydrogens is 324 g/mol. The predicted molar refractivity (Wildman–Crippen MR) is 89.5 cm³/mol.